The van der Waals surface area contributed by atoms with E-state index in [0.29, 0.717) is 12.2 Å². The molecule has 0 aromatic carbocycles. The van der Waals surface area contributed by atoms with Crippen molar-refractivity contribution in [2.24, 2.45) is 0 Å². The van der Waals surface area contributed by atoms with Gasteiger partial charge in [0.15, 0.2) is 6.71 Å². The van der Waals surface area contributed by atoms with Gasteiger partial charge in [0, 0.05) is 0 Å². The topological polar surface area (TPSA) is 0 Å². The second-order valence-electron chi connectivity index (χ2n) is 6.70. The van der Waals surface area contributed by atoms with Gasteiger partial charge in [-0.15, -0.1) is 33.2 Å². The van der Waals surface area contributed by atoms with Gasteiger partial charge in [-0.3, -0.25) is 0 Å². The SMILES string of the molecule is CC(B(C1CCCCC1)C1CCCCC1)[Si](Cl)(Cl)Cl. The van der Waals surface area contributed by atoms with Crippen LogP contribution in [0.1, 0.15) is 71.1 Å². The van der Waals surface area contributed by atoms with Gasteiger partial charge in [-0.25, -0.2) is 0 Å². The van der Waals surface area contributed by atoms with Crippen molar-refractivity contribution in [2.45, 2.75) is 88.2 Å². The van der Waals surface area contributed by atoms with E-state index in [4.69, 9.17) is 33.2 Å². The summed E-state index contributed by atoms with van der Waals surface area (Å²) >= 11 is 19.2. The number of halogens is 3. The molecule has 0 heterocycles. The standard InChI is InChI=1S/C14H26BCl3Si/c1-12(19(16,17)18)15(13-8-4-2-5-9-13)14-10-6-3-7-11-14/h12-14H,2-11H2,1H3. The summed E-state index contributed by atoms with van der Waals surface area (Å²) < 4.78 is 0. The summed E-state index contributed by atoms with van der Waals surface area (Å²) in [4.78, 5) is 0. The molecule has 0 bridgehead atoms. The third kappa shape index (κ3) is 4.56. The number of hydrogen-bond donors (Lipinski definition) is 0. The molecule has 0 nitrogen and oxygen atoms in total. The Morgan fingerprint density at radius 1 is 0.789 bits per heavy atom. The first-order valence-electron chi connectivity index (χ1n) is 8.07. The highest BCUT2D eigenvalue weighted by Gasteiger charge is 2.47. The highest BCUT2D eigenvalue weighted by atomic mass is 35.8. The zero-order valence-electron chi connectivity index (χ0n) is 12.0. The molecule has 0 radical (unpaired) electrons. The highest BCUT2D eigenvalue weighted by Crippen LogP contribution is 2.50. The molecule has 1 unspecified atom stereocenters. The third-order valence-corrected chi connectivity index (χ3v) is 10.00. The Kier molecular flexibility index (Phi) is 6.46. The predicted molar refractivity (Wildman–Crippen MR) is 92.2 cm³/mol. The summed E-state index contributed by atoms with van der Waals surface area (Å²) in [5.41, 5.74) is 0.323. The van der Waals surface area contributed by atoms with E-state index in [9.17, 15) is 0 Å². The maximum absolute atomic E-state index is 6.39. The van der Waals surface area contributed by atoms with E-state index in [-0.39, 0.29) is 0 Å². The van der Waals surface area contributed by atoms with Crippen molar-refractivity contribution < 1.29 is 0 Å². The van der Waals surface area contributed by atoms with Gasteiger partial charge in [-0.2, -0.15) is 0 Å². The van der Waals surface area contributed by atoms with Crippen LogP contribution in [0.3, 0.4) is 0 Å². The minimum absolute atomic E-state index is 0.323. The highest BCUT2D eigenvalue weighted by molar-refractivity contribution is 7.66. The molecule has 2 rings (SSSR count). The minimum atomic E-state index is -2.57. The lowest BCUT2D eigenvalue weighted by molar-refractivity contribution is 0.459. The molecule has 5 heteroatoms. The van der Waals surface area contributed by atoms with Crippen LogP contribution in [0.25, 0.3) is 0 Å². The average Bonchev–Trinajstić information content (AvgIpc) is 2.40. The Hall–Kier alpha value is 1.15. The van der Waals surface area contributed by atoms with E-state index in [0.717, 1.165) is 11.6 Å². The van der Waals surface area contributed by atoms with Gasteiger partial charge >= 0.3 is 6.00 Å². The second-order valence-corrected chi connectivity index (χ2v) is 15.8. The summed E-state index contributed by atoms with van der Waals surface area (Å²) in [6.07, 6.45) is 13.9. The molecule has 2 aliphatic rings. The zero-order chi connectivity index (χ0) is 13.9. The lowest BCUT2D eigenvalue weighted by Crippen LogP contribution is -2.40. The molecule has 0 saturated heterocycles. The minimum Gasteiger partial charge on any atom is -0.126 e. The van der Waals surface area contributed by atoms with Crippen molar-refractivity contribution in [2.75, 3.05) is 0 Å². The van der Waals surface area contributed by atoms with Crippen molar-refractivity contribution in [3.8, 4) is 0 Å². The molecule has 0 aliphatic heterocycles. The van der Waals surface area contributed by atoms with Crippen LogP contribution in [0, 0.1) is 0 Å². The molecule has 2 aliphatic carbocycles. The Morgan fingerprint density at radius 2 is 1.16 bits per heavy atom. The van der Waals surface area contributed by atoms with Gasteiger partial charge in [0.25, 0.3) is 0 Å². The van der Waals surface area contributed by atoms with Crippen LogP contribution in [0.4, 0.5) is 0 Å². The molecule has 0 amide bonds. The lowest BCUT2D eigenvalue weighted by atomic mass is 9.29. The summed E-state index contributed by atoms with van der Waals surface area (Å²) in [6.45, 7) is 2.91. The van der Waals surface area contributed by atoms with E-state index in [1.54, 1.807) is 0 Å². The molecule has 1 atom stereocenters. The fraction of sp³-hybridized carbons (Fsp3) is 1.00. The lowest BCUT2D eigenvalue weighted by Gasteiger charge is -2.40. The van der Waals surface area contributed by atoms with Gasteiger partial charge in [0.2, 0.25) is 0 Å². The quantitative estimate of drug-likeness (QED) is 0.393. The van der Waals surface area contributed by atoms with Crippen LogP contribution in [0.2, 0.25) is 17.1 Å². The Balaban J connectivity index is 2.11. The van der Waals surface area contributed by atoms with Crippen molar-refractivity contribution in [3.05, 3.63) is 0 Å². The van der Waals surface area contributed by atoms with Gasteiger partial charge in [0.05, 0.1) is 0 Å². The number of hydrogen-bond acceptors (Lipinski definition) is 0. The first-order chi connectivity index (χ1) is 9.00. The first-order valence-corrected chi connectivity index (χ1v) is 13.2. The molecule has 0 aromatic heterocycles. The van der Waals surface area contributed by atoms with Crippen molar-refractivity contribution in [1.82, 2.24) is 0 Å². The molecule has 0 spiro atoms. The van der Waals surface area contributed by atoms with Gasteiger partial charge in [0.1, 0.15) is 0 Å². The van der Waals surface area contributed by atoms with Gasteiger partial charge in [-0.05, 0) is 5.44 Å². The largest absolute Gasteiger partial charge is 0.337 e. The van der Waals surface area contributed by atoms with E-state index < -0.39 is 6.00 Å². The van der Waals surface area contributed by atoms with Gasteiger partial charge in [-0.1, -0.05) is 82.8 Å². The third-order valence-electron chi connectivity index (χ3n) is 5.48. The van der Waals surface area contributed by atoms with E-state index >= 15 is 0 Å². The van der Waals surface area contributed by atoms with E-state index in [1.807, 2.05) is 0 Å². The van der Waals surface area contributed by atoms with Crippen molar-refractivity contribution >= 4 is 46.0 Å². The monoisotopic (exact) mass is 338 g/mol. The summed E-state index contributed by atoms with van der Waals surface area (Å²) in [5, 5.41) is 0. The summed E-state index contributed by atoms with van der Waals surface area (Å²) in [7, 11) is 0. The normalized spacial score (nSPS) is 25.3. The summed E-state index contributed by atoms with van der Waals surface area (Å²) in [6, 6.07) is -2.57. The molecule has 19 heavy (non-hydrogen) atoms. The van der Waals surface area contributed by atoms with Crippen LogP contribution in [0.5, 0.6) is 0 Å². The maximum Gasteiger partial charge on any atom is 0.337 e. The number of rotatable bonds is 4. The average molecular weight is 340 g/mol. The van der Waals surface area contributed by atoms with Crippen molar-refractivity contribution in [3.63, 3.8) is 0 Å². The molecular weight excluding hydrogens is 313 g/mol. The van der Waals surface area contributed by atoms with Crippen LogP contribution >= 0.6 is 33.2 Å². The molecule has 0 N–H and O–H groups in total. The predicted octanol–water partition coefficient (Wildman–Crippen LogP) is 6.73. The molecular formula is C14H26BCl3Si. The Morgan fingerprint density at radius 3 is 1.47 bits per heavy atom. The van der Waals surface area contributed by atoms with Crippen LogP contribution in [-0.2, 0) is 0 Å². The zero-order valence-corrected chi connectivity index (χ0v) is 15.3. The van der Waals surface area contributed by atoms with E-state index in [1.165, 1.54) is 64.2 Å². The van der Waals surface area contributed by atoms with Crippen molar-refractivity contribution in [1.29, 1.82) is 0 Å². The second kappa shape index (κ2) is 7.43. The molecule has 110 valence electrons. The van der Waals surface area contributed by atoms with Crippen LogP contribution < -0.4 is 0 Å². The van der Waals surface area contributed by atoms with Crippen LogP contribution in [-0.4, -0.2) is 12.7 Å². The van der Waals surface area contributed by atoms with Crippen LogP contribution in [0.15, 0.2) is 0 Å². The summed E-state index contributed by atoms with van der Waals surface area (Å²) in [5.74, 6) is 1.66. The van der Waals surface area contributed by atoms with Gasteiger partial charge < -0.3 is 0 Å². The first kappa shape index (κ1) is 16.5. The Labute approximate surface area is 134 Å². The fourth-order valence-electron chi connectivity index (χ4n) is 4.46. The molecule has 2 fully saturated rings. The maximum atomic E-state index is 6.39. The smallest absolute Gasteiger partial charge is 0.126 e. The molecule has 0 aromatic rings. The fourth-order valence-corrected chi connectivity index (χ4v) is 6.75. The molecule has 2 saturated carbocycles. The Bertz CT molecular complexity index is 252. The van der Waals surface area contributed by atoms with E-state index in [2.05, 4.69) is 6.92 Å².